The Kier molecular flexibility index (Phi) is 4.04. The summed E-state index contributed by atoms with van der Waals surface area (Å²) < 4.78 is 16.0. The summed E-state index contributed by atoms with van der Waals surface area (Å²) in [6, 6.07) is 9.79. The van der Waals surface area contributed by atoms with Crippen LogP contribution in [0.3, 0.4) is 0 Å². The van der Waals surface area contributed by atoms with Crippen molar-refractivity contribution in [3.05, 3.63) is 42.1 Å². The highest BCUT2D eigenvalue weighted by atomic mass is 16.5. The lowest BCUT2D eigenvalue weighted by molar-refractivity contribution is 0.355. The molecule has 3 aromatic rings. The van der Waals surface area contributed by atoms with Crippen molar-refractivity contribution in [2.45, 2.75) is 6.92 Å². The Bertz CT molecular complexity index is 885. The van der Waals surface area contributed by atoms with Crippen LogP contribution in [0.25, 0.3) is 22.5 Å². The molecule has 1 aromatic heterocycles. The first-order valence-corrected chi connectivity index (χ1v) is 7.26. The van der Waals surface area contributed by atoms with Crippen LogP contribution < -0.4 is 9.47 Å². The van der Waals surface area contributed by atoms with Crippen LogP contribution >= 0.6 is 0 Å². The number of aromatic hydroxyl groups is 2. The van der Waals surface area contributed by atoms with E-state index >= 15 is 0 Å². The molecule has 0 radical (unpaired) electrons. The van der Waals surface area contributed by atoms with E-state index in [1.807, 2.05) is 19.1 Å². The van der Waals surface area contributed by atoms with Gasteiger partial charge in [-0.15, -0.1) is 0 Å². The summed E-state index contributed by atoms with van der Waals surface area (Å²) in [5.74, 6) is 1.49. The van der Waals surface area contributed by atoms with Gasteiger partial charge in [-0.25, -0.2) is 0 Å². The molecule has 0 aliphatic carbocycles. The van der Waals surface area contributed by atoms with E-state index in [2.05, 4.69) is 5.16 Å². The second kappa shape index (κ2) is 6.16. The number of phenols is 2. The topological polar surface area (TPSA) is 85.0 Å². The van der Waals surface area contributed by atoms with Crippen LogP contribution in [-0.4, -0.2) is 29.6 Å². The molecule has 2 aromatic carbocycles. The Morgan fingerprint density at radius 1 is 0.958 bits per heavy atom. The largest absolute Gasteiger partial charge is 0.508 e. The summed E-state index contributed by atoms with van der Waals surface area (Å²) in [6.07, 6.45) is 0. The normalized spacial score (nSPS) is 10.6. The molecule has 6 heteroatoms. The van der Waals surface area contributed by atoms with Crippen LogP contribution in [0.5, 0.6) is 23.0 Å². The first kappa shape index (κ1) is 15.7. The molecule has 124 valence electrons. The Balaban J connectivity index is 2.18. The fourth-order valence-electron chi connectivity index (χ4n) is 2.60. The van der Waals surface area contributed by atoms with Gasteiger partial charge in [0.1, 0.15) is 11.5 Å². The van der Waals surface area contributed by atoms with Gasteiger partial charge in [-0.3, -0.25) is 0 Å². The molecule has 0 aliphatic heterocycles. The highest BCUT2D eigenvalue weighted by molar-refractivity contribution is 5.84. The number of hydrogen-bond donors (Lipinski definition) is 2. The van der Waals surface area contributed by atoms with Crippen LogP contribution in [0.2, 0.25) is 0 Å². The number of benzene rings is 2. The van der Waals surface area contributed by atoms with Crippen LogP contribution in [0.1, 0.15) is 5.69 Å². The monoisotopic (exact) mass is 327 g/mol. The van der Waals surface area contributed by atoms with Gasteiger partial charge in [0.15, 0.2) is 17.3 Å². The standard InChI is InChI=1S/C18H17NO5/c1-10-17(11-4-7-15(22-2)16(8-11)23-3)18(24-19-10)13-6-5-12(20)9-14(13)21/h4-9,20-21H,1-3H3. The smallest absolute Gasteiger partial charge is 0.178 e. The summed E-state index contributed by atoms with van der Waals surface area (Å²) >= 11 is 0. The molecule has 1 heterocycles. The minimum Gasteiger partial charge on any atom is -0.508 e. The highest BCUT2D eigenvalue weighted by Gasteiger charge is 2.21. The van der Waals surface area contributed by atoms with Gasteiger partial charge in [0.25, 0.3) is 0 Å². The van der Waals surface area contributed by atoms with Gasteiger partial charge < -0.3 is 24.2 Å². The van der Waals surface area contributed by atoms with Gasteiger partial charge in [-0.2, -0.15) is 0 Å². The van der Waals surface area contributed by atoms with Crippen molar-refractivity contribution in [1.82, 2.24) is 5.16 Å². The van der Waals surface area contributed by atoms with E-state index in [4.69, 9.17) is 14.0 Å². The number of methoxy groups -OCH3 is 2. The van der Waals surface area contributed by atoms with Crippen molar-refractivity contribution in [1.29, 1.82) is 0 Å². The molecule has 0 spiro atoms. The molecule has 0 amide bonds. The predicted molar refractivity (Wildman–Crippen MR) is 88.5 cm³/mol. The third kappa shape index (κ3) is 2.62. The molecule has 0 aliphatic rings. The lowest BCUT2D eigenvalue weighted by Gasteiger charge is -2.10. The SMILES string of the molecule is COc1ccc(-c2c(C)noc2-c2ccc(O)cc2O)cc1OC. The molecule has 0 bridgehead atoms. The van der Waals surface area contributed by atoms with Gasteiger partial charge >= 0.3 is 0 Å². The minimum atomic E-state index is -0.0899. The molecular weight excluding hydrogens is 310 g/mol. The fraction of sp³-hybridized carbons (Fsp3) is 0.167. The minimum absolute atomic E-state index is 0.0276. The van der Waals surface area contributed by atoms with E-state index in [9.17, 15) is 10.2 Å². The Morgan fingerprint density at radius 3 is 2.38 bits per heavy atom. The van der Waals surface area contributed by atoms with E-state index < -0.39 is 0 Å². The molecule has 0 atom stereocenters. The van der Waals surface area contributed by atoms with E-state index in [0.717, 1.165) is 11.1 Å². The summed E-state index contributed by atoms with van der Waals surface area (Å²) in [7, 11) is 3.14. The number of ether oxygens (including phenoxy) is 2. The number of rotatable bonds is 4. The Labute approximate surface area is 138 Å². The average Bonchev–Trinajstić information content (AvgIpc) is 2.95. The summed E-state index contributed by atoms with van der Waals surface area (Å²) in [5, 5.41) is 23.6. The zero-order chi connectivity index (χ0) is 17.3. The fourth-order valence-corrected chi connectivity index (χ4v) is 2.60. The zero-order valence-electron chi connectivity index (χ0n) is 13.5. The van der Waals surface area contributed by atoms with Gasteiger partial charge in [0.05, 0.1) is 31.0 Å². The zero-order valence-corrected chi connectivity index (χ0v) is 13.5. The Morgan fingerprint density at radius 2 is 1.71 bits per heavy atom. The van der Waals surface area contributed by atoms with Crippen molar-refractivity contribution in [2.75, 3.05) is 14.2 Å². The summed E-state index contributed by atoms with van der Waals surface area (Å²) in [5.41, 5.74) is 2.66. The van der Waals surface area contributed by atoms with Crippen LogP contribution in [0, 0.1) is 6.92 Å². The molecule has 24 heavy (non-hydrogen) atoms. The van der Waals surface area contributed by atoms with Gasteiger partial charge in [-0.05, 0) is 36.8 Å². The lowest BCUT2D eigenvalue weighted by Crippen LogP contribution is -1.91. The quantitative estimate of drug-likeness (QED) is 0.759. The maximum absolute atomic E-state index is 10.1. The van der Waals surface area contributed by atoms with Crippen molar-refractivity contribution >= 4 is 0 Å². The van der Waals surface area contributed by atoms with E-state index in [-0.39, 0.29) is 11.5 Å². The molecular formula is C18H17NO5. The number of aryl methyl sites for hydroxylation is 1. The molecule has 2 N–H and O–H groups in total. The van der Waals surface area contributed by atoms with E-state index in [1.165, 1.54) is 12.1 Å². The van der Waals surface area contributed by atoms with E-state index in [0.29, 0.717) is 28.5 Å². The summed E-state index contributed by atoms with van der Waals surface area (Å²) in [4.78, 5) is 0. The van der Waals surface area contributed by atoms with Crippen molar-refractivity contribution in [3.63, 3.8) is 0 Å². The van der Waals surface area contributed by atoms with Gasteiger partial charge in [0.2, 0.25) is 0 Å². The van der Waals surface area contributed by atoms with Gasteiger partial charge in [0, 0.05) is 6.07 Å². The van der Waals surface area contributed by atoms with Crippen LogP contribution in [-0.2, 0) is 0 Å². The number of nitrogens with zero attached hydrogens (tertiary/aromatic N) is 1. The first-order chi connectivity index (χ1) is 11.5. The predicted octanol–water partition coefficient (Wildman–Crippen LogP) is 3.75. The van der Waals surface area contributed by atoms with Crippen molar-refractivity contribution in [2.24, 2.45) is 0 Å². The Hall–Kier alpha value is -3.15. The molecule has 0 saturated heterocycles. The second-order valence-electron chi connectivity index (χ2n) is 5.24. The number of phenolic OH excluding ortho intramolecular Hbond substituents is 2. The maximum Gasteiger partial charge on any atom is 0.178 e. The molecule has 0 saturated carbocycles. The third-order valence-electron chi connectivity index (χ3n) is 3.76. The highest BCUT2D eigenvalue weighted by Crippen LogP contribution is 2.42. The van der Waals surface area contributed by atoms with E-state index in [1.54, 1.807) is 26.4 Å². The van der Waals surface area contributed by atoms with Crippen LogP contribution in [0.4, 0.5) is 0 Å². The summed E-state index contributed by atoms with van der Waals surface area (Å²) in [6.45, 7) is 1.82. The maximum atomic E-state index is 10.1. The molecule has 0 fully saturated rings. The molecule has 3 rings (SSSR count). The van der Waals surface area contributed by atoms with Crippen LogP contribution in [0.15, 0.2) is 40.9 Å². The molecule has 0 unspecified atom stereocenters. The lowest BCUT2D eigenvalue weighted by atomic mass is 9.99. The third-order valence-corrected chi connectivity index (χ3v) is 3.76. The van der Waals surface area contributed by atoms with Gasteiger partial charge in [-0.1, -0.05) is 11.2 Å². The number of aromatic nitrogens is 1. The van der Waals surface area contributed by atoms with Crippen molar-refractivity contribution in [3.8, 4) is 45.4 Å². The second-order valence-corrected chi connectivity index (χ2v) is 5.24. The first-order valence-electron chi connectivity index (χ1n) is 7.26. The van der Waals surface area contributed by atoms with Crippen molar-refractivity contribution < 1.29 is 24.2 Å². The average molecular weight is 327 g/mol. The number of hydrogen-bond acceptors (Lipinski definition) is 6. The molecule has 6 nitrogen and oxygen atoms in total.